The lowest BCUT2D eigenvalue weighted by atomic mass is 10.3. The van der Waals surface area contributed by atoms with E-state index in [4.69, 9.17) is 11.6 Å². The Balaban J connectivity index is 2.41. The molecule has 0 aliphatic heterocycles. The number of hydrogen-bond acceptors (Lipinski definition) is 2. The molecule has 0 radical (unpaired) electrons. The zero-order valence-electron chi connectivity index (χ0n) is 9.70. The molecule has 0 saturated carbocycles. The summed E-state index contributed by atoms with van der Waals surface area (Å²) < 4.78 is 64.9. The highest BCUT2D eigenvalue weighted by molar-refractivity contribution is 7.92. The SMILES string of the molecule is O=S(=O)(Nc1ccc(F)c(F)c1F)c1cccc(Cl)c1. The van der Waals surface area contributed by atoms with Crippen LogP contribution in [0.4, 0.5) is 18.9 Å². The number of benzene rings is 2. The van der Waals surface area contributed by atoms with Crippen molar-refractivity contribution in [2.75, 3.05) is 4.72 Å². The molecule has 2 aromatic carbocycles. The normalized spacial score (nSPS) is 11.4. The highest BCUT2D eigenvalue weighted by Gasteiger charge is 2.20. The van der Waals surface area contributed by atoms with Crippen molar-refractivity contribution < 1.29 is 21.6 Å². The summed E-state index contributed by atoms with van der Waals surface area (Å²) in [6, 6.07) is 6.62. The summed E-state index contributed by atoms with van der Waals surface area (Å²) in [7, 11) is -4.15. The molecule has 8 heteroatoms. The molecule has 0 heterocycles. The maximum absolute atomic E-state index is 13.4. The molecule has 106 valence electrons. The van der Waals surface area contributed by atoms with Gasteiger partial charge in [-0.25, -0.2) is 21.6 Å². The molecule has 0 saturated heterocycles. The molecule has 2 aromatic rings. The van der Waals surface area contributed by atoms with Crippen molar-refractivity contribution >= 4 is 27.3 Å². The predicted molar refractivity (Wildman–Crippen MR) is 68.6 cm³/mol. The first-order chi connectivity index (χ1) is 9.31. The van der Waals surface area contributed by atoms with Crippen LogP contribution in [0.1, 0.15) is 0 Å². The fraction of sp³-hybridized carbons (Fsp3) is 0. The van der Waals surface area contributed by atoms with E-state index in [1.54, 1.807) is 0 Å². The molecule has 3 nitrogen and oxygen atoms in total. The number of rotatable bonds is 3. The van der Waals surface area contributed by atoms with E-state index in [2.05, 4.69) is 0 Å². The van der Waals surface area contributed by atoms with Crippen molar-refractivity contribution in [3.05, 3.63) is 58.9 Å². The van der Waals surface area contributed by atoms with E-state index >= 15 is 0 Å². The van der Waals surface area contributed by atoms with Crippen LogP contribution in [0.15, 0.2) is 41.3 Å². The van der Waals surface area contributed by atoms with E-state index in [1.165, 1.54) is 18.2 Å². The maximum Gasteiger partial charge on any atom is 0.262 e. The number of sulfonamides is 1. The summed E-state index contributed by atoms with van der Waals surface area (Å²) in [6.07, 6.45) is 0. The van der Waals surface area contributed by atoms with Gasteiger partial charge in [0.15, 0.2) is 17.5 Å². The Hall–Kier alpha value is -1.73. The Kier molecular flexibility index (Phi) is 3.92. The van der Waals surface area contributed by atoms with Gasteiger partial charge in [0.25, 0.3) is 10.0 Å². The standard InChI is InChI=1S/C12H7ClF3NO2S/c13-7-2-1-3-8(6-7)20(18,19)17-10-5-4-9(14)11(15)12(10)16/h1-6,17H. The second kappa shape index (κ2) is 5.34. The van der Waals surface area contributed by atoms with Gasteiger partial charge in [0.2, 0.25) is 0 Å². The minimum atomic E-state index is -4.15. The lowest BCUT2D eigenvalue weighted by molar-refractivity contribution is 0.449. The van der Waals surface area contributed by atoms with E-state index in [0.717, 1.165) is 12.1 Å². The van der Waals surface area contributed by atoms with Crippen molar-refractivity contribution in [2.24, 2.45) is 0 Å². The third-order valence-corrected chi connectivity index (χ3v) is 3.98. The van der Waals surface area contributed by atoms with Crippen molar-refractivity contribution in [1.29, 1.82) is 0 Å². The maximum atomic E-state index is 13.4. The smallest absolute Gasteiger partial charge is 0.262 e. The molecule has 0 aromatic heterocycles. The van der Waals surface area contributed by atoms with Crippen LogP contribution < -0.4 is 4.72 Å². The van der Waals surface area contributed by atoms with Crippen molar-refractivity contribution in [3.63, 3.8) is 0 Å². The third kappa shape index (κ3) is 2.88. The summed E-state index contributed by atoms with van der Waals surface area (Å²) >= 11 is 5.66. The lowest BCUT2D eigenvalue weighted by Gasteiger charge is -2.09. The van der Waals surface area contributed by atoms with E-state index in [1.807, 2.05) is 4.72 Å². The first-order valence-electron chi connectivity index (χ1n) is 5.23. The molecule has 0 amide bonds. The Morgan fingerprint density at radius 1 is 1.00 bits per heavy atom. The van der Waals surface area contributed by atoms with Gasteiger partial charge in [0.05, 0.1) is 10.6 Å². The Morgan fingerprint density at radius 3 is 2.35 bits per heavy atom. The summed E-state index contributed by atoms with van der Waals surface area (Å²) in [5.74, 6) is -4.78. The van der Waals surface area contributed by atoms with Gasteiger partial charge in [0.1, 0.15) is 0 Å². The minimum absolute atomic E-state index is 0.165. The molecule has 0 fully saturated rings. The third-order valence-electron chi connectivity index (χ3n) is 2.39. The van der Waals surface area contributed by atoms with Gasteiger partial charge < -0.3 is 0 Å². The summed E-state index contributed by atoms with van der Waals surface area (Å²) in [5.41, 5.74) is -0.691. The Labute approximate surface area is 118 Å². The minimum Gasteiger partial charge on any atom is -0.277 e. The van der Waals surface area contributed by atoms with Crippen LogP contribution in [-0.4, -0.2) is 8.42 Å². The zero-order valence-corrected chi connectivity index (χ0v) is 11.3. The summed E-state index contributed by atoms with van der Waals surface area (Å²) in [6.45, 7) is 0. The predicted octanol–water partition coefficient (Wildman–Crippen LogP) is 3.56. The van der Waals surface area contributed by atoms with Crippen LogP contribution in [0.2, 0.25) is 5.02 Å². The molecule has 0 atom stereocenters. The average Bonchev–Trinajstić information content (AvgIpc) is 2.39. The largest absolute Gasteiger partial charge is 0.277 e. The quantitative estimate of drug-likeness (QED) is 0.879. The Morgan fingerprint density at radius 2 is 1.70 bits per heavy atom. The van der Waals surface area contributed by atoms with E-state index < -0.39 is 33.2 Å². The highest BCUT2D eigenvalue weighted by Crippen LogP contribution is 2.23. The van der Waals surface area contributed by atoms with Crippen molar-refractivity contribution in [1.82, 2.24) is 0 Å². The molecule has 0 unspecified atom stereocenters. The van der Waals surface area contributed by atoms with Crippen LogP contribution in [-0.2, 0) is 10.0 Å². The number of halogens is 4. The second-order valence-electron chi connectivity index (χ2n) is 3.79. The monoisotopic (exact) mass is 321 g/mol. The second-order valence-corrected chi connectivity index (χ2v) is 5.90. The lowest BCUT2D eigenvalue weighted by Crippen LogP contribution is -2.14. The molecule has 0 bridgehead atoms. The molecule has 2 rings (SSSR count). The van der Waals surface area contributed by atoms with Crippen LogP contribution in [0.25, 0.3) is 0 Å². The highest BCUT2D eigenvalue weighted by atomic mass is 35.5. The fourth-order valence-electron chi connectivity index (χ4n) is 1.44. The van der Waals surface area contributed by atoms with Crippen molar-refractivity contribution in [3.8, 4) is 0 Å². The van der Waals surface area contributed by atoms with Gasteiger partial charge in [-0.15, -0.1) is 0 Å². The van der Waals surface area contributed by atoms with Crippen LogP contribution in [0.3, 0.4) is 0 Å². The van der Waals surface area contributed by atoms with Gasteiger partial charge in [0, 0.05) is 5.02 Å². The number of hydrogen-bond donors (Lipinski definition) is 1. The molecule has 0 spiro atoms. The molecular weight excluding hydrogens is 315 g/mol. The molecule has 0 aliphatic carbocycles. The summed E-state index contributed by atoms with van der Waals surface area (Å²) in [4.78, 5) is -0.228. The van der Waals surface area contributed by atoms with E-state index in [0.29, 0.717) is 6.07 Å². The Bertz CT molecular complexity index is 765. The van der Waals surface area contributed by atoms with Crippen LogP contribution in [0, 0.1) is 17.5 Å². The van der Waals surface area contributed by atoms with Crippen molar-refractivity contribution in [2.45, 2.75) is 4.90 Å². The molecular formula is C12H7ClF3NO2S. The van der Waals surface area contributed by atoms with Gasteiger partial charge in [-0.3, -0.25) is 4.72 Å². The molecule has 0 aliphatic rings. The van der Waals surface area contributed by atoms with Crippen LogP contribution >= 0.6 is 11.6 Å². The topological polar surface area (TPSA) is 46.2 Å². The van der Waals surface area contributed by atoms with Gasteiger partial charge in [-0.05, 0) is 30.3 Å². The first-order valence-corrected chi connectivity index (χ1v) is 7.09. The number of anilines is 1. The number of nitrogens with one attached hydrogen (secondary N) is 1. The first kappa shape index (κ1) is 14.7. The zero-order chi connectivity index (χ0) is 14.9. The molecule has 20 heavy (non-hydrogen) atoms. The fourth-order valence-corrected chi connectivity index (χ4v) is 2.80. The van der Waals surface area contributed by atoms with E-state index in [-0.39, 0.29) is 9.92 Å². The van der Waals surface area contributed by atoms with E-state index in [9.17, 15) is 21.6 Å². The average molecular weight is 322 g/mol. The van der Waals surface area contributed by atoms with Gasteiger partial charge in [-0.1, -0.05) is 17.7 Å². The molecule has 1 N–H and O–H groups in total. The van der Waals surface area contributed by atoms with Crippen LogP contribution in [0.5, 0.6) is 0 Å². The summed E-state index contributed by atoms with van der Waals surface area (Å²) in [5, 5.41) is 0.165. The van der Waals surface area contributed by atoms with Gasteiger partial charge in [-0.2, -0.15) is 0 Å². The van der Waals surface area contributed by atoms with Gasteiger partial charge >= 0.3 is 0 Å².